The molecule has 126 valence electrons. The summed E-state index contributed by atoms with van der Waals surface area (Å²) in [6.07, 6.45) is 6.59. The van der Waals surface area contributed by atoms with E-state index < -0.39 is 5.97 Å². The molecule has 0 amide bonds. The van der Waals surface area contributed by atoms with Crippen LogP contribution in [0.1, 0.15) is 40.8 Å². The lowest BCUT2D eigenvalue weighted by Crippen LogP contribution is -2.34. The molecule has 1 aliphatic rings. The molecule has 0 saturated heterocycles. The minimum Gasteiger partial charge on any atom is -0.476 e. The van der Waals surface area contributed by atoms with Crippen molar-refractivity contribution >= 4 is 22.3 Å². The van der Waals surface area contributed by atoms with Crippen LogP contribution in [0.4, 0.5) is 0 Å². The smallest absolute Gasteiger partial charge is 0.356 e. The van der Waals surface area contributed by atoms with Crippen LogP contribution in [0.15, 0.2) is 17.8 Å². The van der Waals surface area contributed by atoms with Crippen LogP contribution in [0, 0.1) is 0 Å². The molecule has 7 nitrogen and oxygen atoms in total. The molecule has 8 heteroatoms. The Kier molecular flexibility index (Phi) is 3.85. The van der Waals surface area contributed by atoms with Crippen molar-refractivity contribution in [2.24, 2.45) is 0 Å². The lowest BCUT2D eigenvalue weighted by atomic mass is 9.91. The molecule has 3 aromatic heterocycles. The van der Waals surface area contributed by atoms with Gasteiger partial charge in [-0.15, -0.1) is 11.3 Å². The number of hydrogen-bond acceptors (Lipinski definition) is 5. The van der Waals surface area contributed by atoms with Crippen LogP contribution in [0.3, 0.4) is 0 Å². The number of fused-ring (bicyclic) bond motifs is 2. The third kappa shape index (κ3) is 2.61. The second-order valence-corrected chi connectivity index (χ2v) is 6.91. The van der Waals surface area contributed by atoms with Gasteiger partial charge in [-0.3, -0.25) is 9.08 Å². The summed E-state index contributed by atoms with van der Waals surface area (Å²) in [7, 11) is 0. The van der Waals surface area contributed by atoms with Gasteiger partial charge < -0.3 is 10.4 Å². The maximum Gasteiger partial charge on any atom is 0.356 e. The third-order valence-corrected chi connectivity index (χ3v) is 5.33. The zero-order chi connectivity index (χ0) is 16.7. The molecule has 3 heterocycles. The maximum absolute atomic E-state index is 11.5. The molecule has 1 aliphatic carbocycles. The van der Waals surface area contributed by atoms with E-state index in [1.807, 2.05) is 33.8 Å². The van der Waals surface area contributed by atoms with Crippen molar-refractivity contribution in [1.82, 2.24) is 24.5 Å². The molecule has 0 aliphatic heterocycles. The predicted molar refractivity (Wildman–Crippen MR) is 90.6 cm³/mol. The average Bonchev–Trinajstić information content (AvgIpc) is 3.24. The van der Waals surface area contributed by atoms with Gasteiger partial charge in [-0.1, -0.05) is 0 Å². The molecule has 0 spiro atoms. The molecule has 1 atom stereocenters. The molecule has 0 bridgehead atoms. The van der Waals surface area contributed by atoms with Crippen molar-refractivity contribution in [2.75, 3.05) is 0 Å². The fourth-order valence-electron chi connectivity index (χ4n) is 3.41. The minimum atomic E-state index is -0.937. The van der Waals surface area contributed by atoms with Crippen LogP contribution in [0.2, 0.25) is 0 Å². The minimum absolute atomic E-state index is 0.209. The van der Waals surface area contributed by atoms with E-state index in [4.69, 9.17) is 0 Å². The van der Waals surface area contributed by atoms with Gasteiger partial charge in [0, 0.05) is 48.2 Å². The lowest BCUT2D eigenvalue weighted by molar-refractivity contribution is 0.0688. The van der Waals surface area contributed by atoms with Crippen molar-refractivity contribution in [1.29, 1.82) is 0 Å². The second kappa shape index (κ2) is 6.03. The summed E-state index contributed by atoms with van der Waals surface area (Å²) >= 11 is 1.62. The Morgan fingerprint density at radius 3 is 3.17 bits per heavy atom. The van der Waals surface area contributed by atoms with Gasteiger partial charge in [0.25, 0.3) is 0 Å². The Hall–Kier alpha value is -2.19. The first-order valence-corrected chi connectivity index (χ1v) is 9.00. The second-order valence-electron chi connectivity index (χ2n) is 6.04. The van der Waals surface area contributed by atoms with Crippen molar-refractivity contribution in [3.8, 4) is 0 Å². The SMILES string of the molecule is CCn1nc(C(=O)O)c2c1CCC(NCc1cn3ccsc3n1)C2. The van der Waals surface area contributed by atoms with Crippen molar-refractivity contribution in [3.05, 3.63) is 40.4 Å². The van der Waals surface area contributed by atoms with Gasteiger partial charge in [-0.2, -0.15) is 5.10 Å². The molecule has 0 radical (unpaired) electrons. The molecule has 0 saturated carbocycles. The Bertz CT molecular complexity index is 865. The van der Waals surface area contributed by atoms with Crippen LogP contribution < -0.4 is 5.32 Å². The summed E-state index contributed by atoms with van der Waals surface area (Å²) in [5, 5.41) is 19.2. The summed E-state index contributed by atoms with van der Waals surface area (Å²) in [6.45, 7) is 3.39. The van der Waals surface area contributed by atoms with E-state index >= 15 is 0 Å². The fourth-order valence-corrected chi connectivity index (χ4v) is 4.12. The first-order chi connectivity index (χ1) is 11.7. The number of aryl methyl sites for hydroxylation is 1. The number of hydrogen-bond donors (Lipinski definition) is 2. The van der Waals surface area contributed by atoms with E-state index in [0.717, 1.165) is 34.8 Å². The van der Waals surface area contributed by atoms with E-state index in [2.05, 4.69) is 15.4 Å². The van der Waals surface area contributed by atoms with E-state index in [1.165, 1.54) is 0 Å². The Morgan fingerprint density at radius 1 is 1.54 bits per heavy atom. The first-order valence-electron chi connectivity index (χ1n) is 8.12. The van der Waals surface area contributed by atoms with E-state index in [9.17, 15) is 9.90 Å². The number of imidazole rings is 1. The van der Waals surface area contributed by atoms with Gasteiger partial charge >= 0.3 is 5.97 Å². The van der Waals surface area contributed by atoms with Gasteiger partial charge in [0.1, 0.15) is 0 Å². The lowest BCUT2D eigenvalue weighted by Gasteiger charge is -2.24. The van der Waals surface area contributed by atoms with Crippen LogP contribution in [0.5, 0.6) is 0 Å². The van der Waals surface area contributed by atoms with Crippen molar-refractivity contribution < 1.29 is 9.90 Å². The van der Waals surface area contributed by atoms with Gasteiger partial charge in [0.05, 0.1) is 5.69 Å². The molecular weight excluding hydrogens is 326 g/mol. The quantitative estimate of drug-likeness (QED) is 0.738. The van der Waals surface area contributed by atoms with Crippen molar-refractivity contribution in [2.45, 2.75) is 45.3 Å². The Labute approximate surface area is 142 Å². The van der Waals surface area contributed by atoms with Crippen LogP contribution in [-0.2, 0) is 25.9 Å². The summed E-state index contributed by atoms with van der Waals surface area (Å²) in [4.78, 5) is 17.0. The maximum atomic E-state index is 11.5. The number of rotatable bonds is 5. The third-order valence-electron chi connectivity index (χ3n) is 4.56. The zero-order valence-corrected chi connectivity index (χ0v) is 14.2. The largest absolute Gasteiger partial charge is 0.476 e. The highest BCUT2D eigenvalue weighted by Crippen LogP contribution is 2.25. The zero-order valence-electron chi connectivity index (χ0n) is 13.4. The monoisotopic (exact) mass is 345 g/mol. The van der Waals surface area contributed by atoms with Gasteiger partial charge in [-0.25, -0.2) is 9.78 Å². The van der Waals surface area contributed by atoms with Gasteiger partial charge in [-0.05, 0) is 26.2 Å². The fraction of sp³-hybridized carbons (Fsp3) is 0.438. The number of carboxylic acids is 1. The highest BCUT2D eigenvalue weighted by Gasteiger charge is 2.28. The average molecular weight is 345 g/mol. The standard InChI is InChI=1S/C16H19N5O2S/c1-2-21-13-4-3-10(7-12(13)14(19-21)15(22)23)17-8-11-9-20-5-6-24-16(20)18-11/h5-6,9-10,17H,2-4,7-8H2,1H3,(H,22,23). The Balaban J connectivity index is 1.48. The van der Waals surface area contributed by atoms with Crippen molar-refractivity contribution in [3.63, 3.8) is 0 Å². The van der Waals surface area contributed by atoms with E-state index in [0.29, 0.717) is 19.5 Å². The number of nitrogens with zero attached hydrogens (tertiary/aromatic N) is 4. The highest BCUT2D eigenvalue weighted by atomic mass is 32.1. The van der Waals surface area contributed by atoms with E-state index in [1.54, 1.807) is 11.3 Å². The molecule has 0 fully saturated rings. The van der Waals surface area contributed by atoms with Gasteiger partial charge in [0.2, 0.25) is 0 Å². The van der Waals surface area contributed by atoms with Crippen LogP contribution in [-0.4, -0.2) is 36.3 Å². The molecule has 4 rings (SSSR count). The molecule has 24 heavy (non-hydrogen) atoms. The highest BCUT2D eigenvalue weighted by molar-refractivity contribution is 7.15. The van der Waals surface area contributed by atoms with Crippen LogP contribution in [0.25, 0.3) is 4.96 Å². The number of aromatic carboxylic acids is 1. The molecular formula is C16H19N5O2S. The first kappa shape index (κ1) is 15.3. The normalized spacial score (nSPS) is 17.3. The molecule has 3 aromatic rings. The molecule has 0 aromatic carbocycles. The number of carboxylic acid groups (broad SMARTS) is 1. The summed E-state index contributed by atoms with van der Waals surface area (Å²) in [6, 6.07) is 0.254. The summed E-state index contributed by atoms with van der Waals surface area (Å²) in [5.74, 6) is -0.937. The van der Waals surface area contributed by atoms with Gasteiger partial charge in [0.15, 0.2) is 10.7 Å². The summed E-state index contributed by atoms with van der Waals surface area (Å²) in [5.41, 5.74) is 3.19. The molecule has 1 unspecified atom stereocenters. The van der Waals surface area contributed by atoms with E-state index in [-0.39, 0.29) is 11.7 Å². The number of carbonyl (C=O) groups is 1. The van der Waals surface area contributed by atoms with Crippen LogP contribution >= 0.6 is 11.3 Å². The molecule has 2 N–H and O–H groups in total. The Morgan fingerprint density at radius 2 is 2.42 bits per heavy atom. The number of thiazole rings is 1. The number of nitrogens with one attached hydrogen (secondary N) is 1. The summed E-state index contributed by atoms with van der Waals surface area (Å²) < 4.78 is 3.85. The topological polar surface area (TPSA) is 84.5 Å². The number of aromatic nitrogens is 4. The predicted octanol–water partition coefficient (Wildman–Crippen LogP) is 1.96.